The molecule has 3 aromatic rings. The molecule has 0 aliphatic rings. The van der Waals surface area contributed by atoms with Crippen LogP contribution in [0.2, 0.25) is 0 Å². The zero-order valence-corrected chi connectivity index (χ0v) is 19.3. The van der Waals surface area contributed by atoms with E-state index in [1.807, 2.05) is 19.9 Å². The number of hydrogen-bond acceptors (Lipinski definition) is 7. The molecule has 1 heterocycles. The SMILES string of the molecule is CCOc1cc(/C=N/Nc2nc(C)cc(C)n2)ccc1OCC(=O)Nc1cccc(C(F)(F)F)c1. The van der Waals surface area contributed by atoms with E-state index < -0.39 is 24.3 Å². The van der Waals surface area contributed by atoms with Crippen LogP contribution in [0.5, 0.6) is 11.5 Å². The van der Waals surface area contributed by atoms with E-state index in [2.05, 4.69) is 25.8 Å². The molecule has 0 fully saturated rings. The summed E-state index contributed by atoms with van der Waals surface area (Å²) in [5.74, 6) is 0.436. The number of alkyl halides is 3. The van der Waals surface area contributed by atoms with Crippen LogP contribution in [0, 0.1) is 13.8 Å². The van der Waals surface area contributed by atoms with Crippen LogP contribution >= 0.6 is 0 Å². The molecule has 1 aromatic heterocycles. The van der Waals surface area contributed by atoms with Gasteiger partial charge in [-0.1, -0.05) is 6.07 Å². The number of carbonyl (C=O) groups excluding carboxylic acids is 1. The van der Waals surface area contributed by atoms with E-state index in [4.69, 9.17) is 9.47 Å². The molecule has 0 atom stereocenters. The van der Waals surface area contributed by atoms with Crippen LogP contribution in [0.15, 0.2) is 53.6 Å². The molecule has 35 heavy (non-hydrogen) atoms. The quantitative estimate of drug-likeness (QED) is 0.327. The number of carbonyl (C=O) groups is 1. The summed E-state index contributed by atoms with van der Waals surface area (Å²) in [6.07, 6.45) is -2.95. The van der Waals surface area contributed by atoms with Crippen LogP contribution in [0.4, 0.5) is 24.8 Å². The Bertz CT molecular complexity index is 1190. The van der Waals surface area contributed by atoms with E-state index in [1.165, 1.54) is 12.1 Å². The van der Waals surface area contributed by atoms with Crippen LogP contribution in [-0.4, -0.2) is 35.3 Å². The number of nitrogens with zero attached hydrogens (tertiary/aromatic N) is 3. The Morgan fingerprint density at radius 2 is 1.77 bits per heavy atom. The highest BCUT2D eigenvalue weighted by Crippen LogP contribution is 2.31. The number of halogens is 3. The van der Waals surface area contributed by atoms with Gasteiger partial charge in [0.2, 0.25) is 5.95 Å². The number of aryl methyl sites for hydroxylation is 2. The fourth-order valence-corrected chi connectivity index (χ4v) is 3.05. The smallest absolute Gasteiger partial charge is 0.416 e. The van der Waals surface area contributed by atoms with Crippen LogP contribution in [-0.2, 0) is 11.0 Å². The van der Waals surface area contributed by atoms with Crippen LogP contribution in [0.1, 0.15) is 29.4 Å². The molecule has 0 saturated heterocycles. The fraction of sp³-hybridized carbons (Fsp3) is 0.250. The van der Waals surface area contributed by atoms with Crippen molar-refractivity contribution in [3.05, 3.63) is 71.0 Å². The molecule has 0 saturated carbocycles. The highest BCUT2D eigenvalue weighted by atomic mass is 19.4. The molecule has 8 nitrogen and oxygen atoms in total. The van der Waals surface area contributed by atoms with Crippen molar-refractivity contribution in [1.29, 1.82) is 0 Å². The molecule has 184 valence electrons. The molecule has 3 rings (SSSR count). The van der Waals surface area contributed by atoms with Crippen molar-refractivity contribution in [2.75, 3.05) is 24.0 Å². The van der Waals surface area contributed by atoms with E-state index in [0.29, 0.717) is 29.6 Å². The van der Waals surface area contributed by atoms with Gasteiger partial charge in [0.25, 0.3) is 5.91 Å². The molecule has 0 aliphatic carbocycles. The van der Waals surface area contributed by atoms with Gasteiger partial charge in [-0.25, -0.2) is 15.4 Å². The first-order valence-electron chi connectivity index (χ1n) is 10.6. The lowest BCUT2D eigenvalue weighted by Crippen LogP contribution is -2.20. The standard InChI is InChI=1S/C24H24F3N5O3/c1-4-34-21-11-17(13-28-32-23-29-15(2)10-16(3)30-23)8-9-20(21)35-14-22(33)31-19-7-5-6-18(12-19)24(25,26)27/h5-13H,4,14H2,1-3H3,(H,31,33)(H,29,30,32)/b28-13+. The van der Waals surface area contributed by atoms with Gasteiger partial charge in [0.1, 0.15) is 0 Å². The van der Waals surface area contributed by atoms with Gasteiger partial charge in [-0.05, 0) is 68.8 Å². The van der Waals surface area contributed by atoms with E-state index in [9.17, 15) is 18.0 Å². The molecular weight excluding hydrogens is 463 g/mol. The van der Waals surface area contributed by atoms with E-state index in [0.717, 1.165) is 23.5 Å². The Balaban J connectivity index is 1.62. The van der Waals surface area contributed by atoms with Gasteiger partial charge < -0.3 is 14.8 Å². The zero-order valence-electron chi connectivity index (χ0n) is 19.3. The summed E-state index contributed by atoms with van der Waals surface area (Å²) in [6, 6.07) is 11.2. The molecule has 2 N–H and O–H groups in total. The van der Waals surface area contributed by atoms with Crippen molar-refractivity contribution < 1.29 is 27.4 Å². The van der Waals surface area contributed by atoms with Gasteiger partial charge in [-0.3, -0.25) is 4.79 Å². The van der Waals surface area contributed by atoms with E-state index in [-0.39, 0.29) is 5.69 Å². The van der Waals surface area contributed by atoms with Crippen LogP contribution < -0.4 is 20.2 Å². The maximum atomic E-state index is 12.8. The van der Waals surface area contributed by atoms with Gasteiger partial charge in [-0.15, -0.1) is 0 Å². The number of hydrazone groups is 1. The normalized spacial score (nSPS) is 11.4. The maximum absolute atomic E-state index is 12.8. The second-order valence-electron chi connectivity index (χ2n) is 7.40. The summed E-state index contributed by atoms with van der Waals surface area (Å²) < 4.78 is 49.7. The Labute approximate surface area is 200 Å². The summed E-state index contributed by atoms with van der Waals surface area (Å²) in [7, 11) is 0. The highest BCUT2D eigenvalue weighted by molar-refractivity contribution is 5.92. The lowest BCUT2D eigenvalue weighted by Gasteiger charge is -2.13. The summed E-state index contributed by atoms with van der Waals surface area (Å²) in [5, 5.41) is 6.52. The lowest BCUT2D eigenvalue weighted by atomic mass is 10.2. The maximum Gasteiger partial charge on any atom is 0.416 e. The minimum Gasteiger partial charge on any atom is -0.490 e. The highest BCUT2D eigenvalue weighted by Gasteiger charge is 2.30. The van der Waals surface area contributed by atoms with Crippen molar-refractivity contribution in [2.24, 2.45) is 5.10 Å². The second kappa shape index (κ2) is 11.3. The van der Waals surface area contributed by atoms with Crippen molar-refractivity contribution in [3.63, 3.8) is 0 Å². The number of aromatic nitrogens is 2. The van der Waals surface area contributed by atoms with Crippen LogP contribution in [0.25, 0.3) is 0 Å². The van der Waals surface area contributed by atoms with Crippen molar-refractivity contribution in [3.8, 4) is 11.5 Å². The van der Waals surface area contributed by atoms with Gasteiger partial charge in [0.15, 0.2) is 18.1 Å². The van der Waals surface area contributed by atoms with Gasteiger partial charge in [0, 0.05) is 17.1 Å². The second-order valence-corrected chi connectivity index (χ2v) is 7.40. The third-order valence-electron chi connectivity index (χ3n) is 4.46. The minimum atomic E-state index is -4.50. The molecule has 0 radical (unpaired) electrons. The average molecular weight is 487 g/mol. The largest absolute Gasteiger partial charge is 0.490 e. The number of hydrogen-bond donors (Lipinski definition) is 2. The van der Waals surface area contributed by atoms with Gasteiger partial charge in [-0.2, -0.15) is 18.3 Å². The Morgan fingerprint density at radius 1 is 1.03 bits per heavy atom. The topological polar surface area (TPSA) is 97.7 Å². The van der Waals surface area contributed by atoms with Gasteiger partial charge in [0.05, 0.1) is 18.4 Å². The molecule has 0 bridgehead atoms. The Hall–Kier alpha value is -4.15. The first-order valence-corrected chi connectivity index (χ1v) is 10.6. The number of rotatable bonds is 9. The van der Waals surface area contributed by atoms with E-state index >= 15 is 0 Å². The lowest BCUT2D eigenvalue weighted by molar-refractivity contribution is -0.137. The number of anilines is 2. The third-order valence-corrected chi connectivity index (χ3v) is 4.46. The van der Waals surface area contributed by atoms with E-state index in [1.54, 1.807) is 31.3 Å². The monoisotopic (exact) mass is 487 g/mol. The molecule has 0 spiro atoms. The molecule has 2 aromatic carbocycles. The summed E-state index contributed by atoms with van der Waals surface area (Å²) in [5.41, 5.74) is 4.24. The minimum absolute atomic E-state index is 0.0188. The zero-order chi connectivity index (χ0) is 25.4. The predicted octanol–water partition coefficient (Wildman–Crippen LogP) is 4.97. The Morgan fingerprint density at radius 3 is 2.46 bits per heavy atom. The number of ether oxygens (including phenoxy) is 2. The molecule has 0 aliphatic heterocycles. The number of nitrogens with one attached hydrogen (secondary N) is 2. The fourth-order valence-electron chi connectivity index (χ4n) is 3.05. The molecular formula is C24H24F3N5O3. The van der Waals surface area contributed by atoms with Gasteiger partial charge >= 0.3 is 6.18 Å². The Kier molecular flexibility index (Phi) is 8.24. The van der Waals surface area contributed by atoms with Crippen molar-refractivity contribution in [2.45, 2.75) is 26.9 Å². The first kappa shape index (κ1) is 25.5. The third kappa shape index (κ3) is 7.70. The summed E-state index contributed by atoms with van der Waals surface area (Å²) >= 11 is 0. The van der Waals surface area contributed by atoms with Crippen molar-refractivity contribution >= 4 is 23.8 Å². The number of benzene rings is 2. The van der Waals surface area contributed by atoms with Crippen molar-refractivity contribution in [1.82, 2.24) is 9.97 Å². The average Bonchev–Trinajstić information content (AvgIpc) is 2.78. The number of amides is 1. The molecule has 1 amide bonds. The predicted molar refractivity (Wildman–Crippen MR) is 126 cm³/mol. The molecule has 0 unspecified atom stereocenters. The summed E-state index contributed by atoms with van der Waals surface area (Å²) in [6.45, 7) is 5.44. The first-order chi connectivity index (χ1) is 16.6. The molecule has 11 heteroatoms. The summed E-state index contributed by atoms with van der Waals surface area (Å²) in [4.78, 5) is 20.7. The van der Waals surface area contributed by atoms with Crippen LogP contribution in [0.3, 0.4) is 0 Å².